The summed E-state index contributed by atoms with van der Waals surface area (Å²) >= 11 is 7.58. The number of thioether (sulfide) groups is 1. The Bertz CT molecular complexity index is 295. The molecule has 0 spiro atoms. The van der Waals surface area contributed by atoms with Crippen LogP contribution in [0.2, 0.25) is 5.02 Å². The fourth-order valence-corrected chi connectivity index (χ4v) is 2.11. The molecule has 0 aliphatic rings. The molecule has 0 fully saturated rings. The quantitative estimate of drug-likeness (QED) is 0.534. The molecule has 0 saturated carbocycles. The summed E-state index contributed by atoms with van der Waals surface area (Å²) < 4.78 is 5.48. The molecule has 0 atom stereocenters. The molecule has 1 aromatic carbocycles. The van der Waals surface area contributed by atoms with Crippen molar-refractivity contribution in [3.8, 4) is 0 Å². The largest absolute Gasteiger partial charge is 0.379 e. The molecule has 3 nitrogen and oxygen atoms in total. The Morgan fingerprint density at radius 3 is 2.65 bits per heavy atom. The summed E-state index contributed by atoms with van der Waals surface area (Å²) in [5.74, 6) is 0.957. The molecule has 5 heteroatoms. The third kappa shape index (κ3) is 7.63. The standard InChI is InChI=1S/C12H19ClN2OS/c13-11-1-3-12(4-2-11)17-10-9-16-8-7-15-6-5-14/h1-4,15H,5-10,14H2. The zero-order valence-corrected chi connectivity index (χ0v) is 11.4. The van der Waals surface area contributed by atoms with Crippen molar-refractivity contribution in [3.63, 3.8) is 0 Å². The molecule has 96 valence electrons. The van der Waals surface area contributed by atoms with Crippen molar-refractivity contribution in [1.82, 2.24) is 5.32 Å². The van der Waals surface area contributed by atoms with Crippen LogP contribution >= 0.6 is 23.4 Å². The predicted octanol–water partition coefficient (Wildman–Crippen LogP) is 2.00. The van der Waals surface area contributed by atoms with Gasteiger partial charge >= 0.3 is 0 Å². The highest BCUT2D eigenvalue weighted by atomic mass is 35.5. The molecule has 0 unspecified atom stereocenters. The van der Waals surface area contributed by atoms with Crippen LogP contribution in [0.15, 0.2) is 29.2 Å². The predicted molar refractivity (Wildman–Crippen MR) is 74.9 cm³/mol. The third-order valence-electron chi connectivity index (χ3n) is 2.05. The van der Waals surface area contributed by atoms with Crippen LogP contribution in [0.1, 0.15) is 0 Å². The van der Waals surface area contributed by atoms with E-state index in [1.807, 2.05) is 24.3 Å². The van der Waals surface area contributed by atoms with Gasteiger partial charge in [-0.25, -0.2) is 0 Å². The topological polar surface area (TPSA) is 47.3 Å². The lowest BCUT2D eigenvalue weighted by atomic mass is 10.4. The first-order valence-electron chi connectivity index (χ1n) is 5.70. The fraction of sp³-hybridized carbons (Fsp3) is 0.500. The van der Waals surface area contributed by atoms with Gasteiger partial charge in [0.1, 0.15) is 0 Å². The molecule has 0 radical (unpaired) electrons. The summed E-state index contributed by atoms with van der Waals surface area (Å²) in [6.45, 7) is 3.89. The number of ether oxygens (including phenoxy) is 1. The highest BCUT2D eigenvalue weighted by molar-refractivity contribution is 7.99. The lowest BCUT2D eigenvalue weighted by Crippen LogP contribution is -2.26. The number of hydrogen-bond donors (Lipinski definition) is 2. The van der Waals surface area contributed by atoms with Crippen LogP contribution in [-0.4, -0.2) is 38.6 Å². The first kappa shape index (κ1) is 14.8. The van der Waals surface area contributed by atoms with E-state index in [1.165, 1.54) is 4.90 Å². The van der Waals surface area contributed by atoms with Gasteiger partial charge in [0.2, 0.25) is 0 Å². The first-order valence-corrected chi connectivity index (χ1v) is 7.06. The molecule has 17 heavy (non-hydrogen) atoms. The lowest BCUT2D eigenvalue weighted by molar-refractivity contribution is 0.152. The molecule has 0 aromatic heterocycles. The van der Waals surface area contributed by atoms with Crippen LogP contribution in [0, 0.1) is 0 Å². The molecule has 0 saturated heterocycles. The highest BCUT2D eigenvalue weighted by Crippen LogP contribution is 2.19. The van der Waals surface area contributed by atoms with Crippen molar-refractivity contribution in [3.05, 3.63) is 29.3 Å². The van der Waals surface area contributed by atoms with Gasteiger partial charge in [-0.05, 0) is 24.3 Å². The summed E-state index contributed by atoms with van der Waals surface area (Å²) in [4.78, 5) is 1.22. The van der Waals surface area contributed by atoms with Crippen LogP contribution < -0.4 is 11.1 Å². The second-order valence-corrected chi connectivity index (χ2v) is 5.06. The second kappa shape index (κ2) is 9.74. The summed E-state index contributed by atoms with van der Waals surface area (Å²) in [7, 11) is 0. The lowest BCUT2D eigenvalue weighted by Gasteiger charge is -2.05. The summed E-state index contributed by atoms with van der Waals surface area (Å²) in [6, 6.07) is 7.86. The fourth-order valence-electron chi connectivity index (χ4n) is 1.22. The van der Waals surface area contributed by atoms with Crippen LogP contribution in [0.5, 0.6) is 0 Å². The van der Waals surface area contributed by atoms with Crippen molar-refractivity contribution in [2.24, 2.45) is 5.73 Å². The molecule has 1 aromatic rings. The zero-order valence-electron chi connectivity index (χ0n) is 9.82. The molecule has 3 N–H and O–H groups in total. The maximum atomic E-state index is 5.81. The Morgan fingerprint density at radius 2 is 1.94 bits per heavy atom. The van der Waals surface area contributed by atoms with E-state index in [4.69, 9.17) is 22.1 Å². The average Bonchev–Trinajstić information content (AvgIpc) is 2.35. The Kier molecular flexibility index (Phi) is 8.48. The van der Waals surface area contributed by atoms with Crippen LogP contribution in [0.4, 0.5) is 0 Å². The summed E-state index contributed by atoms with van der Waals surface area (Å²) in [5.41, 5.74) is 5.35. The molecule has 0 heterocycles. The maximum absolute atomic E-state index is 5.81. The van der Waals surface area contributed by atoms with Crippen LogP contribution in [-0.2, 0) is 4.74 Å². The van der Waals surface area contributed by atoms with Gasteiger partial charge < -0.3 is 15.8 Å². The Balaban J connectivity index is 1.95. The first-order chi connectivity index (χ1) is 8.33. The van der Waals surface area contributed by atoms with Gasteiger partial charge in [0.05, 0.1) is 13.2 Å². The van der Waals surface area contributed by atoms with E-state index in [-0.39, 0.29) is 0 Å². The van der Waals surface area contributed by atoms with Crippen molar-refractivity contribution < 1.29 is 4.74 Å². The van der Waals surface area contributed by atoms with Gasteiger partial charge in [0.15, 0.2) is 0 Å². The molecular weight excluding hydrogens is 256 g/mol. The number of benzene rings is 1. The summed E-state index contributed by atoms with van der Waals surface area (Å²) in [5, 5.41) is 3.95. The van der Waals surface area contributed by atoms with Gasteiger partial charge in [0, 0.05) is 35.3 Å². The molecule has 0 aliphatic carbocycles. The molecule has 1 rings (SSSR count). The minimum absolute atomic E-state index is 0.673. The number of hydrogen-bond acceptors (Lipinski definition) is 4. The smallest absolute Gasteiger partial charge is 0.0591 e. The number of rotatable bonds is 9. The number of halogens is 1. The Morgan fingerprint density at radius 1 is 1.18 bits per heavy atom. The summed E-state index contributed by atoms with van der Waals surface area (Å²) in [6.07, 6.45) is 0. The molecular formula is C12H19ClN2OS. The Hall–Kier alpha value is -0.260. The van der Waals surface area contributed by atoms with Crippen LogP contribution in [0.25, 0.3) is 0 Å². The van der Waals surface area contributed by atoms with E-state index in [0.717, 1.165) is 37.1 Å². The van der Waals surface area contributed by atoms with E-state index in [0.29, 0.717) is 6.54 Å². The van der Waals surface area contributed by atoms with E-state index < -0.39 is 0 Å². The van der Waals surface area contributed by atoms with E-state index >= 15 is 0 Å². The zero-order chi connectivity index (χ0) is 12.3. The van der Waals surface area contributed by atoms with Gasteiger partial charge in [-0.2, -0.15) is 0 Å². The molecule has 0 aliphatic heterocycles. The molecule has 0 amide bonds. The minimum Gasteiger partial charge on any atom is -0.379 e. The highest BCUT2D eigenvalue weighted by Gasteiger charge is 1.94. The van der Waals surface area contributed by atoms with E-state index in [2.05, 4.69) is 5.32 Å². The van der Waals surface area contributed by atoms with Gasteiger partial charge in [-0.3, -0.25) is 0 Å². The van der Waals surface area contributed by atoms with Crippen molar-refractivity contribution in [2.45, 2.75) is 4.90 Å². The second-order valence-electron chi connectivity index (χ2n) is 3.45. The van der Waals surface area contributed by atoms with E-state index in [1.54, 1.807) is 11.8 Å². The van der Waals surface area contributed by atoms with E-state index in [9.17, 15) is 0 Å². The van der Waals surface area contributed by atoms with Crippen molar-refractivity contribution in [1.29, 1.82) is 0 Å². The average molecular weight is 275 g/mol. The van der Waals surface area contributed by atoms with Crippen LogP contribution in [0.3, 0.4) is 0 Å². The number of nitrogens with two attached hydrogens (primary N) is 1. The van der Waals surface area contributed by atoms with Crippen molar-refractivity contribution in [2.75, 3.05) is 38.6 Å². The maximum Gasteiger partial charge on any atom is 0.0591 e. The normalized spacial score (nSPS) is 10.7. The minimum atomic E-state index is 0.673. The monoisotopic (exact) mass is 274 g/mol. The third-order valence-corrected chi connectivity index (χ3v) is 3.28. The molecule has 0 bridgehead atoms. The van der Waals surface area contributed by atoms with Gasteiger partial charge in [0.25, 0.3) is 0 Å². The van der Waals surface area contributed by atoms with Gasteiger partial charge in [-0.15, -0.1) is 11.8 Å². The number of nitrogens with one attached hydrogen (secondary N) is 1. The van der Waals surface area contributed by atoms with Crippen molar-refractivity contribution >= 4 is 23.4 Å². The van der Waals surface area contributed by atoms with Gasteiger partial charge in [-0.1, -0.05) is 11.6 Å². The Labute approximate surface area is 112 Å². The SMILES string of the molecule is NCCNCCOCCSc1ccc(Cl)cc1.